The first-order valence-electron chi connectivity index (χ1n) is 8.38. The summed E-state index contributed by atoms with van der Waals surface area (Å²) in [6.45, 7) is 2.07. The Balaban J connectivity index is 1.63. The number of carbonyl (C=O) groups is 1. The number of nitrogens with one attached hydrogen (secondary N) is 1. The van der Waals surface area contributed by atoms with Gasteiger partial charge in [0.1, 0.15) is 15.7 Å². The Kier molecular flexibility index (Phi) is 5.87. The first-order valence-corrected chi connectivity index (χ1v) is 10.7. The lowest BCUT2D eigenvalue weighted by atomic mass is 10.1. The molecule has 0 saturated heterocycles. The standard InChI is InChI=1S/C19H18FN3O3S2/c1-12-17(27-19(23-12)15-4-2-3-5-16(15)20)18(24)22-11-10-13-6-8-14(9-7-13)28(21,25)26/h2-9H,10-11H2,1H3,(H,22,24)(H2,21,25,26). The minimum atomic E-state index is -3.72. The molecule has 0 spiro atoms. The summed E-state index contributed by atoms with van der Waals surface area (Å²) in [7, 11) is -3.72. The number of rotatable bonds is 6. The summed E-state index contributed by atoms with van der Waals surface area (Å²) in [5.41, 5.74) is 1.77. The predicted molar refractivity (Wildman–Crippen MR) is 106 cm³/mol. The molecule has 0 aliphatic heterocycles. The molecule has 3 N–H and O–H groups in total. The van der Waals surface area contributed by atoms with Crippen molar-refractivity contribution in [1.82, 2.24) is 10.3 Å². The van der Waals surface area contributed by atoms with Gasteiger partial charge in [0.05, 0.1) is 10.6 Å². The Morgan fingerprint density at radius 1 is 1.18 bits per heavy atom. The average molecular weight is 420 g/mol. The highest BCUT2D eigenvalue weighted by Gasteiger charge is 2.17. The Morgan fingerprint density at radius 3 is 2.50 bits per heavy atom. The number of nitrogens with two attached hydrogens (primary N) is 1. The number of benzene rings is 2. The molecular weight excluding hydrogens is 401 g/mol. The van der Waals surface area contributed by atoms with E-state index in [0.29, 0.717) is 34.1 Å². The molecule has 0 radical (unpaired) electrons. The second-order valence-electron chi connectivity index (χ2n) is 6.11. The van der Waals surface area contributed by atoms with Crippen molar-refractivity contribution in [2.75, 3.05) is 6.54 Å². The van der Waals surface area contributed by atoms with Crippen LogP contribution in [0, 0.1) is 12.7 Å². The summed E-state index contributed by atoms with van der Waals surface area (Å²) in [5.74, 6) is -0.662. The van der Waals surface area contributed by atoms with E-state index in [-0.39, 0.29) is 16.6 Å². The van der Waals surface area contributed by atoms with Gasteiger partial charge in [0, 0.05) is 12.1 Å². The van der Waals surface area contributed by atoms with Crippen molar-refractivity contribution < 1.29 is 17.6 Å². The Hall–Kier alpha value is -2.62. The normalized spacial score (nSPS) is 11.4. The van der Waals surface area contributed by atoms with E-state index in [1.165, 1.54) is 18.2 Å². The van der Waals surface area contributed by atoms with E-state index < -0.39 is 10.0 Å². The van der Waals surface area contributed by atoms with Gasteiger partial charge in [0.15, 0.2) is 0 Å². The third-order valence-corrected chi connectivity index (χ3v) is 6.18. The first kappa shape index (κ1) is 20.1. The minimum absolute atomic E-state index is 0.0428. The van der Waals surface area contributed by atoms with Crippen LogP contribution >= 0.6 is 11.3 Å². The topological polar surface area (TPSA) is 102 Å². The zero-order chi connectivity index (χ0) is 20.3. The molecule has 0 bridgehead atoms. The molecule has 0 unspecified atom stereocenters. The van der Waals surface area contributed by atoms with Crippen LogP contribution in [0.25, 0.3) is 10.6 Å². The van der Waals surface area contributed by atoms with Crippen LogP contribution in [0.5, 0.6) is 0 Å². The fourth-order valence-corrected chi connectivity index (χ4v) is 4.13. The summed E-state index contributed by atoms with van der Waals surface area (Å²) in [5, 5.41) is 8.33. The Labute approximate surface area is 166 Å². The van der Waals surface area contributed by atoms with Gasteiger partial charge < -0.3 is 5.32 Å². The summed E-state index contributed by atoms with van der Waals surface area (Å²) in [4.78, 5) is 17.2. The van der Waals surface area contributed by atoms with Crippen molar-refractivity contribution in [1.29, 1.82) is 0 Å². The molecule has 1 heterocycles. The molecule has 0 fully saturated rings. The number of carbonyl (C=O) groups excluding carboxylic acids is 1. The van der Waals surface area contributed by atoms with E-state index in [2.05, 4.69) is 10.3 Å². The number of nitrogens with zero attached hydrogens (tertiary/aromatic N) is 1. The van der Waals surface area contributed by atoms with E-state index in [1.807, 2.05) is 0 Å². The van der Waals surface area contributed by atoms with Crippen LogP contribution in [-0.4, -0.2) is 25.9 Å². The van der Waals surface area contributed by atoms with Gasteiger partial charge in [-0.25, -0.2) is 22.9 Å². The average Bonchev–Trinajstić information content (AvgIpc) is 3.03. The molecule has 0 atom stereocenters. The molecule has 2 aromatic carbocycles. The van der Waals surface area contributed by atoms with Crippen molar-refractivity contribution in [2.24, 2.45) is 5.14 Å². The molecule has 9 heteroatoms. The number of amides is 1. The maximum atomic E-state index is 13.9. The molecule has 28 heavy (non-hydrogen) atoms. The number of hydrogen-bond acceptors (Lipinski definition) is 5. The maximum Gasteiger partial charge on any atom is 0.263 e. The Bertz CT molecular complexity index is 1110. The largest absolute Gasteiger partial charge is 0.351 e. The quantitative estimate of drug-likeness (QED) is 0.641. The summed E-state index contributed by atoms with van der Waals surface area (Å²) in [6, 6.07) is 12.5. The second kappa shape index (κ2) is 8.17. The number of halogens is 1. The molecule has 146 valence electrons. The van der Waals surface area contributed by atoms with Crippen LogP contribution < -0.4 is 10.5 Å². The van der Waals surface area contributed by atoms with Gasteiger partial charge >= 0.3 is 0 Å². The van der Waals surface area contributed by atoms with Crippen molar-refractivity contribution in [2.45, 2.75) is 18.2 Å². The second-order valence-corrected chi connectivity index (χ2v) is 8.67. The lowest BCUT2D eigenvalue weighted by molar-refractivity contribution is 0.0957. The lowest BCUT2D eigenvalue weighted by Crippen LogP contribution is -2.25. The van der Waals surface area contributed by atoms with Crippen molar-refractivity contribution in [3.8, 4) is 10.6 Å². The molecule has 3 aromatic rings. The monoisotopic (exact) mass is 419 g/mol. The summed E-state index contributed by atoms with van der Waals surface area (Å²) >= 11 is 1.14. The highest BCUT2D eigenvalue weighted by atomic mass is 32.2. The first-order chi connectivity index (χ1) is 13.3. The van der Waals surface area contributed by atoms with Crippen LogP contribution in [0.4, 0.5) is 4.39 Å². The van der Waals surface area contributed by atoms with Crippen molar-refractivity contribution in [3.05, 3.63) is 70.5 Å². The van der Waals surface area contributed by atoms with Gasteiger partial charge in [0.25, 0.3) is 5.91 Å². The van der Waals surface area contributed by atoms with Gasteiger partial charge in [-0.1, -0.05) is 24.3 Å². The number of thiazole rings is 1. The van der Waals surface area contributed by atoms with Crippen LogP contribution in [0.3, 0.4) is 0 Å². The number of aryl methyl sites for hydroxylation is 1. The zero-order valence-corrected chi connectivity index (χ0v) is 16.6. The molecule has 0 aliphatic rings. The number of aromatic nitrogens is 1. The van der Waals surface area contributed by atoms with Gasteiger partial charge in [-0.05, 0) is 43.2 Å². The van der Waals surface area contributed by atoms with E-state index in [0.717, 1.165) is 16.9 Å². The van der Waals surface area contributed by atoms with Gasteiger partial charge in [-0.15, -0.1) is 11.3 Å². The van der Waals surface area contributed by atoms with Crippen molar-refractivity contribution >= 4 is 27.3 Å². The fraction of sp³-hybridized carbons (Fsp3) is 0.158. The van der Waals surface area contributed by atoms with Gasteiger partial charge in [-0.2, -0.15) is 0 Å². The SMILES string of the molecule is Cc1nc(-c2ccccc2F)sc1C(=O)NCCc1ccc(S(N)(=O)=O)cc1. The van der Waals surface area contributed by atoms with Crippen LogP contribution in [-0.2, 0) is 16.4 Å². The molecular formula is C19H18FN3O3S2. The fourth-order valence-electron chi connectivity index (χ4n) is 2.60. The smallest absolute Gasteiger partial charge is 0.263 e. The van der Waals surface area contributed by atoms with Crippen molar-refractivity contribution in [3.63, 3.8) is 0 Å². The number of sulfonamides is 1. The summed E-state index contributed by atoms with van der Waals surface area (Å²) in [6.07, 6.45) is 0.522. The molecule has 3 rings (SSSR count). The molecule has 0 saturated carbocycles. The molecule has 6 nitrogen and oxygen atoms in total. The van der Waals surface area contributed by atoms with E-state index in [4.69, 9.17) is 5.14 Å². The zero-order valence-electron chi connectivity index (χ0n) is 15.0. The van der Waals surface area contributed by atoms with E-state index in [9.17, 15) is 17.6 Å². The van der Waals surface area contributed by atoms with Gasteiger partial charge in [0.2, 0.25) is 10.0 Å². The molecule has 1 aromatic heterocycles. The maximum absolute atomic E-state index is 13.9. The van der Waals surface area contributed by atoms with Crippen LogP contribution in [0.1, 0.15) is 20.9 Å². The third-order valence-electron chi connectivity index (χ3n) is 4.06. The van der Waals surface area contributed by atoms with Crippen LogP contribution in [0.15, 0.2) is 53.4 Å². The Morgan fingerprint density at radius 2 is 1.86 bits per heavy atom. The number of hydrogen-bond donors (Lipinski definition) is 2. The number of primary sulfonamides is 1. The van der Waals surface area contributed by atoms with E-state index >= 15 is 0 Å². The third kappa shape index (κ3) is 4.61. The molecule has 0 aliphatic carbocycles. The molecule has 1 amide bonds. The van der Waals surface area contributed by atoms with E-state index in [1.54, 1.807) is 37.3 Å². The van der Waals surface area contributed by atoms with Gasteiger partial charge in [-0.3, -0.25) is 4.79 Å². The minimum Gasteiger partial charge on any atom is -0.351 e. The highest BCUT2D eigenvalue weighted by Crippen LogP contribution is 2.29. The summed E-state index contributed by atoms with van der Waals surface area (Å²) < 4.78 is 36.4. The lowest BCUT2D eigenvalue weighted by Gasteiger charge is -2.05. The van der Waals surface area contributed by atoms with Crippen LogP contribution in [0.2, 0.25) is 0 Å². The highest BCUT2D eigenvalue weighted by molar-refractivity contribution is 7.89. The predicted octanol–water partition coefficient (Wildman–Crippen LogP) is 2.88.